The molecule has 96 valence electrons. The lowest BCUT2D eigenvalue weighted by molar-refractivity contribution is 0.570. The Morgan fingerprint density at radius 2 is 2.06 bits per heavy atom. The summed E-state index contributed by atoms with van der Waals surface area (Å²) in [5.41, 5.74) is 1.28. The molecule has 2 aromatic heterocycles. The van der Waals surface area contributed by atoms with Gasteiger partial charge in [-0.1, -0.05) is 20.8 Å². The van der Waals surface area contributed by atoms with Gasteiger partial charge in [0.1, 0.15) is 0 Å². The van der Waals surface area contributed by atoms with E-state index < -0.39 is 5.82 Å². The number of hydrogen-bond acceptors (Lipinski definition) is 4. The van der Waals surface area contributed by atoms with Crippen LogP contribution in [0, 0.1) is 5.82 Å². The van der Waals surface area contributed by atoms with Crippen LogP contribution in [-0.2, 0) is 11.8 Å². The van der Waals surface area contributed by atoms with E-state index in [1.807, 2.05) is 5.38 Å². The van der Waals surface area contributed by atoms with Crippen LogP contribution in [0.1, 0.15) is 37.2 Å². The monoisotopic (exact) mass is 285 g/mol. The Balaban J connectivity index is 2.24. The fourth-order valence-corrected chi connectivity index (χ4v) is 2.56. The maximum Gasteiger partial charge on any atom is 0.222 e. The quantitative estimate of drug-likeness (QED) is 0.791. The maximum absolute atomic E-state index is 13.5. The minimum absolute atomic E-state index is 0.00336. The molecule has 0 spiro atoms. The first kappa shape index (κ1) is 13.4. The van der Waals surface area contributed by atoms with Gasteiger partial charge < -0.3 is 0 Å². The molecule has 0 unspecified atom stereocenters. The molecule has 2 rings (SSSR count). The van der Waals surface area contributed by atoms with Gasteiger partial charge in [-0.05, 0) is 11.6 Å². The second-order valence-electron chi connectivity index (χ2n) is 4.99. The van der Waals surface area contributed by atoms with Crippen molar-refractivity contribution in [2.45, 2.75) is 32.6 Å². The Hall–Kier alpha value is -1.07. The highest BCUT2D eigenvalue weighted by Crippen LogP contribution is 2.25. The molecule has 6 heteroatoms. The molecular weight excluding hydrogens is 273 g/mol. The predicted molar refractivity (Wildman–Crippen MR) is 70.6 cm³/mol. The normalized spacial score (nSPS) is 11.8. The predicted octanol–water partition coefficient (Wildman–Crippen LogP) is 3.61. The maximum atomic E-state index is 13.5. The van der Waals surface area contributed by atoms with Gasteiger partial charge in [-0.25, -0.2) is 19.3 Å². The molecule has 0 radical (unpaired) electrons. The molecule has 0 bridgehead atoms. The Bertz CT molecular complexity index is 563. The summed E-state index contributed by atoms with van der Waals surface area (Å²) < 4.78 is 13.5. The third-order valence-electron chi connectivity index (χ3n) is 2.43. The molecular formula is C12H13ClFN3S. The van der Waals surface area contributed by atoms with Gasteiger partial charge in [0.15, 0.2) is 5.82 Å². The van der Waals surface area contributed by atoms with Crippen molar-refractivity contribution in [3.63, 3.8) is 0 Å². The average Bonchev–Trinajstić information content (AvgIpc) is 2.71. The second kappa shape index (κ2) is 4.90. The average molecular weight is 286 g/mol. The van der Waals surface area contributed by atoms with Crippen molar-refractivity contribution in [2.75, 3.05) is 0 Å². The van der Waals surface area contributed by atoms with Crippen LogP contribution in [-0.4, -0.2) is 15.0 Å². The number of aromatic nitrogens is 3. The fraction of sp³-hybridized carbons (Fsp3) is 0.417. The molecule has 0 N–H and O–H groups in total. The highest BCUT2D eigenvalue weighted by molar-refractivity contribution is 7.09. The lowest BCUT2D eigenvalue weighted by Crippen LogP contribution is -2.11. The van der Waals surface area contributed by atoms with Crippen molar-refractivity contribution in [1.82, 2.24) is 15.0 Å². The molecule has 0 aromatic carbocycles. The highest BCUT2D eigenvalue weighted by atomic mass is 35.5. The zero-order valence-corrected chi connectivity index (χ0v) is 11.9. The van der Waals surface area contributed by atoms with Crippen molar-refractivity contribution in [2.24, 2.45) is 0 Å². The smallest absolute Gasteiger partial charge is 0.222 e. The number of nitrogens with zero attached hydrogens (tertiary/aromatic N) is 3. The topological polar surface area (TPSA) is 38.7 Å². The molecule has 0 saturated carbocycles. The standard InChI is InChI=1S/C12H13ClFN3S/c1-12(2,3)9-6-18-10(17-9)4-8-7(14)5-15-11(13)16-8/h5-6H,4H2,1-3H3. The van der Waals surface area contributed by atoms with Crippen LogP contribution in [0.3, 0.4) is 0 Å². The third-order valence-corrected chi connectivity index (χ3v) is 3.46. The van der Waals surface area contributed by atoms with E-state index in [1.54, 1.807) is 0 Å². The van der Waals surface area contributed by atoms with Gasteiger partial charge in [-0.2, -0.15) is 0 Å². The van der Waals surface area contributed by atoms with Crippen LogP contribution < -0.4 is 0 Å². The lowest BCUT2D eigenvalue weighted by Gasteiger charge is -2.14. The van der Waals surface area contributed by atoms with Gasteiger partial charge in [0.25, 0.3) is 0 Å². The lowest BCUT2D eigenvalue weighted by atomic mass is 9.93. The highest BCUT2D eigenvalue weighted by Gasteiger charge is 2.18. The van der Waals surface area contributed by atoms with E-state index in [9.17, 15) is 4.39 Å². The summed E-state index contributed by atoms with van der Waals surface area (Å²) in [5, 5.41) is 2.88. The van der Waals surface area contributed by atoms with Gasteiger partial charge in [0.05, 0.1) is 22.6 Å². The van der Waals surface area contributed by atoms with E-state index in [-0.39, 0.29) is 16.4 Å². The van der Waals surface area contributed by atoms with Crippen LogP contribution in [0.15, 0.2) is 11.6 Å². The van der Waals surface area contributed by atoms with Crippen LogP contribution in [0.5, 0.6) is 0 Å². The number of rotatable bonds is 2. The molecule has 0 aliphatic heterocycles. The number of thiazole rings is 1. The van der Waals surface area contributed by atoms with E-state index >= 15 is 0 Å². The summed E-state index contributed by atoms with van der Waals surface area (Å²) in [4.78, 5) is 12.0. The minimum Gasteiger partial charge on any atom is -0.245 e. The largest absolute Gasteiger partial charge is 0.245 e. The van der Waals surface area contributed by atoms with Crippen molar-refractivity contribution in [3.05, 3.63) is 39.1 Å². The third kappa shape index (κ3) is 3.03. The molecule has 3 nitrogen and oxygen atoms in total. The Kier molecular flexibility index (Phi) is 3.64. The summed E-state index contributed by atoms with van der Waals surface area (Å²) in [6.45, 7) is 6.27. The van der Waals surface area contributed by atoms with Gasteiger partial charge >= 0.3 is 0 Å². The van der Waals surface area contributed by atoms with Crippen molar-refractivity contribution in [3.8, 4) is 0 Å². The number of hydrogen-bond donors (Lipinski definition) is 0. The molecule has 0 saturated heterocycles. The first-order chi connectivity index (χ1) is 8.36. The van der Waals surface area contributed by atoms with Crippen LogP contribution >= 0.6 is 22.9 Å². The molecule has 0 aliphatic carbocycles. The van der Waals surface area contributed by atoms with Gasteiger partial charge in [-0.3, -0.25) is 0 Å². The Morgan fingerprint density at radius 1 is 1.33 bits per heavy atom. The SMILES string of the molecule is CC(C)(C)c1csc(Cc2nc(Cl)ncc2F)n1. The Labute approximate surface area is 114 Å². The summed E-state index contributed by atoms with van der Waals surface area (Å²) >= 11 is 7.16. The van der Waals surface area contributed by atoms with Crippen molar-refractivity contribution in [1.29, 1.82) is 0 Å². The molecule has 0 amide bonds. The summed E-state index contributed by atoms with van der Waals surface area (Å²) in [5.74, 6) is -0.452. The summed E-state index contributed by atoms with van der Waals surface area (Å²) in [6.07, 6.45) is 1.43. The zero-order chi connectivity index (χ0) is 13.3. The van der Waals surface area contributed by atoms with E-state index in [0.717, 1.165) is 16.9 Å². The van der Waals surface area contributed by atoms with Crippen LogP contribution in [0.4, 0.5) is 4.39 Å². The van der Waals surface area contributed by atoms with E-state index in [0.29, 0.717) is 6.42 Å². The summed E-state index contributed by atoms with van der Waals surface area (Å²) in [6, 6.07) is 0. The minimum atomic E-state index is -0.452. The molecule has 2 aromatic rings. The molecule has 2 heterocycles. The second-order valence-corrected chi connectivity index (χ2v) is 6.27. The van der Waals surface area contributed by atoms with Crippen molar-refractivity contribution < 1.29 is 4.39 Å². The van der Waals surface area contributed by atoms with E-state index in [2.05, 4.69) is 35.7 Å². The summed E-state index contributed by atoms with van der Waals surface area (Å²) in [7, 11) is 0. The van der Waals surface area contributed by atoms with Crippen LogP contribution in [0.2, 0.25) is 5.28 Å². The Morgan fingerprint density at radius 3 is 2.67 bits per heavy atom. The van der Waals surface area contributed by atoms with Gasteiger partial charge in [0.2, 0.25) is 5.28 Å². The zero-order valence-electron chi connectivity index (χ0n) is 10.4. The number of halogens is 2. The van der Waals surface area contributed by atoms with E-state index in [4.69, 9.17) is 11.6 Å². The molecule has 0 fully saturated rings. The van der Waals surface area contributed by atoms with Gasteiger partial charge in [-0.15, -0.1) is 11.3 Å². The van der Waals surface area contributed by atoms with Gasteiger partial charge in [0, 0.05) is 17.2 Å². The molecule has 0 atom stereocenters. The molecule has 18 heavy (non-hydrogen) atoms. The first-order valence-electron chi connectivity index (χ1n) is 5.48. The molecule has 0 aliphatic rings. The first-order valence-corrected chi connectivity index (χ1v) is 6.74. The van der Waals surface area contributed by atoms with E-state index in [1.165, 1.54) is 11.3 Å². The van der Waals surface area contributed by atoms with Crippen molar-refractivity contribution >= 4 is 22.9 Å². The fourth-order valence-electron chi connectivity index (χ4n) is 1.38. The van der Waals surface area contributed by atoms with Crippen LogP contribution in [0.25, 0.3) is 0 Å².